The molecule has 2 aromatic rings. The maximum atomic E-state index is 14.0. The molecule has 0 saturated carbocycles. The van der Waals surface area contributed by atoms with E-state index < -0.39 is 32.8 Å². The summed E-state index contributed by atoms with van der Waals surface area (Å²) in [5.41, 5.74) is -1.00. The van der Waals surface area contributed by atoms with Crippen LogP contribution in [0, 0.1) is 11.6 Å². The third kappa shape index (κ3) is 2.85. The van der Waals surface area contributed by atoms with E-state index in [1.165, 1.54) is 0 Å². The van der Waals surface area contributed by atoms with Crippen LogP contribution in [0.15, 0.2) is 20.2 Å². The third-order valence-electron chi connectivity index (χ3n) is 3.32. The van der Waals surface area contributed by atoms with E-state index in [-0.39, 0.29) is 32.6 Å². The molecule has 0 radical (unpaired) electrons. The number of sulfone groups is 1. The first-order chi connectivity index (χ1) is 10.6. The zero-order chi connectivity index (χ0) is 17.0. The van der Waals surface area contributed by atoms with E-state index in [4.69, 9.17) is 9.36 Å². The largest absolute Gasteiger partial charge is 0.389 e. The van der Waals surface area contributed by atoms with Gasteiger partial charge in [0.05, 0.1) is 9.86 Å². The average molecular weight is 409 g/mol. The lowest BCUT2D eigenvalue weighted by molar-refractivity contribution is 0.0123. The highest BCUT2D eigenvalue weighted by Crippen LogP contribution is 2.33. The van der Waals surface area contributed by atoms with E-state index in [1.54, 1.807) is 13.8 Å². The van der Waals surface area contributed by atoms with Crippen molar-refractivity contribution in [3.8, 4) is 0 Å². The highest BCUT2D eigenvalue weighted by Gasteiger charge is 2.37. The molecule has 1 aliphatic rings. The molecule has 0 unspecified atom stereocenters. The molecule has 0 bridgehead atoms. The molecule has 3 rings (SSSR count). The molecule has 1 aromatic heterocycles. The van der Waals surface area contributed by atoms with Crippen LogP contribution in [0.5, 0.6) is 0 Å². The van der Waals surface area contributed by atoms with E-state index in [0.29, 0.717) is 0 Å². The quantitative estimate of drug-likeness (QED) is 0.711. The molecular formula is C13H11BrF2N2O4S. The van der Waals surface area contributed by atoms with Crippen molar-refractivity contribution in [1.29, 1.82) is 0 Å². The average Bonchev–Trinajstić information content (AvgIpc) is 3.00. The lowest BCUT2D eigenvalue weighted by atomic mass is 10.1. The van der Waals surface area contributed by atoms with Crippen molar-refractivity contribution >= 4 is 41.8 Å². The van der Waals surface area contributed by atoms with Gasteiger partial charge in [-0.05, 0) is 35.8 Å². The van der Waals surface area contributed by atoms with Gasteiger partial charge in [0.2, 0.25) is 9.84 Å². The molecule has 2 heterocycles. The molecule has 0 amide bonds. The highest BCUT2D eigenvalue weighted by molar-refractivity contribution is 9.10. The Morgan fingerprint density at radius 1 is 1.39 bits per heavy atom. The Bertz CT molecular complexity index is 937. The Morgan fingerprint density at radius 3 is 2.70 bits per heavy atom. The first kappa shape index (κ1) is 16.3. The standard InChI is InChI=1S/C13H11BrF2N2O4S/c1-13(2)4-9(18-22-13)23(19,20)5-8-10-11(16)7(15)3-6(14)12(10)21-17-8/h3H,4-5H2,1-2H3. The van der Waals surface area contributed by atoms with Crippen LogP contribution in [0.3, 0.4) is 0 Å². The zero-order valence-electron chi connectivity index (χ0n) is 12.1. The summed E-state index contributed by atoms with van der Waals surface area (Å²) < 4.78 is 57.4. The summed E-state index contributed by atoms with van der Waals surface area (Å²) in [5, 5.41) is 6.67. The summed E-state index contributed by atoms with van der Waals surface area (Å²) in [6.45, 7) is 3.38. The van der Waals surface area contributed by atoms with Gasteiger partial charge in [0.25, 0.3) is 0 Å². The molecule has 0 aliphatic carbocycles. The monoisotopic (exact) mass is 408 g/mol. The maximum Gasteiger partial charge on any atom is 0.200 e. The number of fused-ring (bicyclic) bond motifs is 1. The topological polar surface area (TPSA) is 81.8 Å². The molecule has 124 valence electrons. The molecule has 0 N–H and O–H groups in total. The van der Waals surface area contributed by atoms with Gasteiger partial charge in [-0.3, -0.25) is 0 Å². The van der Waals surface area contributed by atoms with Crippen molar-refractivity contribution in [2.24, 2.45) is 5.16 Å². The molecule has 1 aliphatic heterocycles. The SMILES string of the molecule is CC1(C)CC(S(=O)(=O)Cc2noc3c(Br)cc(F)c(F)c23)=NO1. The van der Waals surface area contributed by atoms with Crippen LogP contribution in [0.1, 0.15) is 26.0 Å². The first-order valence-electron chi connectivity index (χ1n) is 6.50. The Balaban J connectivity index is 2.03. The maximum absolute atomic E-state index is 14.0. The van der Waals surface area contributed by atoms with Crippen molar-refractivity contribution in [3.63, 3.8) is 0 Å². The number of hydrogen-bond acceptors (Lipinski definition) is 6. The van der Waals surface area contributed by atoms with Gasteiger partial charge in [0, 0.05) is 6.42 Å². The Morgan fingerprint density at radius 2 is 2.09 bits per heavy atom. The molecule has 1 aromatic carbocycles. The van der Waals surface area contributed by atoms with Gasteiger partial charge in [-0.2, -0.15) is 0 Å². The van der Waals surface area contributed by atoms with Gasteiger partial charge in [-0.25, -0.2) is 17.2 Å². The number of rotatable bonds is 2. The Hall–Kier alpha value is -1.55. The summed E-state index contributed by atoms with van der Waals surface area (Å²) in [6.07, 6.45) is 0.0889. The van der Waals surface area contributed by atoms with Gasteiger partial charge in [-0.15, -0.1) is 0 Å². The minimum Gasteiger partial charge on any atom is -0.389 e. The molecule has 10 heteroatoms. The Labute approximate surface area is 138 Å². The molecule has 23 heavy (non-hydrogen) atoms. The molecular weight excluding hydrogens is 398 g/mol. The van der Waals surface area contributed by atoms with E-state index in [0.717, 1.165) is 6.07 Å². The van der Waals surface area contributed by atoms with Crippen molar-refractivity contribution in [3.05, 3.63) is 27.9 Å². The van der Waals surface area contributed by atoms with Gasteiger partial charge < -0.3 is 9.36 Å². The van der Waals surface area contributed by atoms with E-state index in [1.807, 2.05) is 0 Å². The normalized spacial score (nSPS) is 17.3. The number of oxime groups is 1. The smallest absolute Gasteiger partial charge is 0.200 e. The van der Waals surface area contributed by atoms with Crippen LogP contribution in [0.25, 0.3) is 11.0 Å². The van der Waals surface area contributed by atoms with Crippen LogP contribution in [-0.4, -0.2) is 24.2 Å². The predicted molar refractivity (Wildman–Crippen MR) is 81.5 cm³/mol. The number of aromatic nitrogens is 1. The highest BCUT2D eigenvalue weighted by atomic mass is 79.9. The van der Waals surface area contributed by atoms with Crippen molar-refractivity contribution in [2.75, 3.05) is 0 Å². The molecule has 0 spiro atoms. The van der Waals surface area contributed by atoms with E-state index in [2.05, 4.69) is 26.2 Å². The molecule has 6 nitrogen and oxygen atoms in total. The summed E-state index contributed by atoms with van der Waals surface area (Å²) in [6, 6.07) is 0.887. The predicted octanol–water partition coefficient (Wildman–Crippen LogP) is 3.30. The summed E-state index contributed by atoms with van der Waals surface area (Å²) in [4.78, 5) is 5.03. The van der Waals surface area contributed by atoms with Crippen LogP contribution in [0.2, 0.25) is 0 Å². The lowest BCUT2D eigenvalue weighted by Gasteiger charge is -2.13. The van der Waals surface area contributed by atoms with Crippen molar-refractivity contribution < 1.29 is 26.6 Å². The van der Waals surface area contributed by atoms with Crippen molar-refractivity contribution in [1.82, 2.24) is 5.16 Å². The van der Waals surface area contributed by atoms with E-state index >= 15 is 0 Å². The number of benzene rings is 1. The summed E-state index contributed by atoms with van der Waals surface area (Å²) in [7, 11) is -3.89. The fourth-order valence-corrected chi connectivity index (χ4v) is 4.12. The minimum atomic E-state index is -3.89. The third-order valence-corrected chi connectivity index (χ3v) is 5.50. The summed E-state index contributed by atoms with van der Waals surface area (Å²) >= 11 is 3.02. The van der Waals surface area contributed by atoms with Gasteiger partial charge >= 0.3 is 0 Å². The van der Waals surface area contributed by atoms with Crippen molar-refractivity contribution in [2.45, 2.75) is 31.6 Å². The Kier molecular flexibility index (Phi) is 3.71. The number of halogens is 3. The number of hydrogen-bond donors (Lipinski definition) is 0. The second-order valence-corrected chi connectivity index (χ2v) is 8.60. The van der Waals surface area contributed by atoms with Crippen LogP contribution >= 0.6 is 15.9 Å². The lowest BCUT2D eigenvalue weighted by Crippen LogP contribution is -2.23. The fraction of sp³-hybridized carbons (Fsp3) is 0.385. The molecule has 0 saturated heterocycles. The van der Waals surface area contributed by atoms with E-state index in [9.17, 15) is 17.2 Å². The van der Waals surface area contributed by atoms with Gasteiger partial charge in [-0.1, -0.05) is 10.3 Å². The molecule has 0 fully saturated rings. The second-order valence-electron chi connectivity index (χ2n) is 5.76. The van der Waals surface area contributed by atoms with Crippen LogP contribution < -0.4 is 0 Å². The number of nitrogens with zero attached hydrogens (tertiary/aromatic N) is 2. The molecule has 0 atom stereocenters. The van der Waals surface area contributed by atoms with Crippen LogP contribution in [-0.2, 0) is 20.4 Å². The van der Waals surface area contributed by atoms with Crippen LogP contribution in [0.4, 0.5) is 8.78 Å². The second kappa shape index (κ2) is 5.23. The minimum absolute atomic E-state index is 0.0564. The fourth-order valence-electron chi connectivity index (χ4n) is 2.20. The van der Waals surface area contributed by atoms with Gasteiger partial charge in [0.15, 0.2) is 22.3 Å². The summed E-state index contributed by atoms with van der Waals surface area (Å²) in [5.74, 6) is -3.00. The zero-order valence-corrected chi connectivity index (χ0v) is 14.5. The first-order valence-corrected chi connectivity index (χ1v) is 8.95. The van der Waals surface area contributed by atoms with Gasteiger partial charge in [0.1, 0.15) is 17.0 Å².